The maximum absolute atomic E-state index is 13.4. The van der Waals surface area contributed by atoms with E-state index in [1.165, 1.54) is 4.31 Å². The third-order valence-corrected chi connectivity index (χ3v) is 7.44. The topological polar surface area (TPSA) is 75.7 Å². The van der Waals surface area contributed by atoms with Crippen molar-refractivity contribution in [1.82, 2.24) is 5.32 Å². The Morgan fingerprint density at radius 3 is 2.26 bits per heavy atom. The molecule has 0 aliphatic carbocycles. The maximum Gasteiger partial charge on any atom is 0.264 e. The Hall–Kier alpha value is -3.32. The summed E-state index contributed by atoms with van der Waals surface area (Å²) >= 11 is 0. The Morgan fingerprint density at radius 1 is 0.943 bits per heavy atom. The number of amides is 1. The lowest BCUT2D eigenvalue weighted by Crippen LogP contribution is -2.41. The Bertz CT molecular complexity index is 1220. The molecule has 0 aliphatic rings. The number of hydrogen-bond acceptors (Lipinski definition) is 4. The average Bonchev–Trinajstić information content (AvgIpc) is 2.83. The quantitative estimate of drug-likeness (QED) is 0.379. The first-order chi connectivity index (χ1) is 16.7. The minimum Gasteiger partial charge on any atom is -0.491 e. The lowest BCUT2D eigenvalue weighted by molar-refractivity contribution is -0.119. The van der Waals surface area contributed by atoms with Crippen LogP contribution in [0.2, 0.25) is 0 Å². The second-order valence-electron chi connectivity index (χ2n) is 8.86. The van der Waals surface area contributed by atoms with Crippen molar-refractivity contribution < 1.29 is 17.9 Å². The van der Waals surface area contributed by atoms with Gasteiger partial charge in [0.05, 0.1) is 16.7 Å². The van der Waals surface area contributed by atoms with Gasteiger partial charge in [-0.1, -0.05) is 36.4 Å². The Balaban J connectivity index is 1.64. The van der Waals surface area contributed by atoms with Crippen molar-refractivity contribution in [2.45, 2.75) is 51.5 Å². The number of ether oxygens (including phenoxy) is 1. The van der Waals surface area contributed by atoms with E-state index in [-0.39, 0.29) is 23.5 Å². The summed E-state index contributed by atoms with van der Waals surface area (Å²) < 4.78 is 33.7. The van der Waals surface area contributed by atoms with Crippen molar-refractivity contribution in [2.24, 2.45) is 0 Å². The zero-order valence-corrected chi connectivity index (χ0v) is 21.6. The van der Waals surface area contributed by atoms with E-state index in [2.05, 4.69) is 5.32 Å². The van der Waals surface area contributed by atoms with Crippen molar-refractivity contribution in [2.75, 3.05) is 17.4 Å². The molecular weight excluding hydrogens is 460 g/mol. The summed E-state index contributed by atoms with van der Waals surface area (Å²) in [6.07, 6.45) is 1.67. The fourth-order valence-corrected chi connectivity index (χ4v) is 5.06. The van der Waals surface area contributed by atoms with Crippen LogP contribution < -0.4 is 14.4 Å². The standard InChI is InChI=1S/C28H34N2O4S/c1-21(2)34-26-16-13-24(14-17-26)9-8-18-29-28(31)20-30(25-15-12-22(3)23(4)19-25)35(32,33)27-10-6-5-7-11-27/h5-7,10-17,19,21H,8-9,18,20H2,1-4H3,(H,29,31). The molecule has 1 amide bonds. The Labute approximate surface area is 209 Å². The lowest BCUT2D eigenvalue weighted by atomic mass is 10.1. The predicted molar refractivity (Wildman–Crippen MR) is 140 cm³/mol. The highest BCUT2D eigenvalue weighted by atomic mass is 32.2. The van der Waals surface area contributed by atoms with Gasteiger partial charge in [0, 0.05) is 6.54 Å². The third kappa shape index (κ3) is 7.33. The van der Waals surface area contributed by atoms with Crippen LogP contribution in [0.4, 0.5) is 5.69 Å². The minimum atomic E-state index is -3.90. The molecule has 35 heavy (non-hydrogen) atoms. The van der Waals surface area contributed by atoms with Gasteiger partial charge in [-0.15, -0.1) is 0 Å². The zero-order valence-electron chi connectivity index (χ0n) is 20.8. The van der Waals surface area contributed by atoms with Crippen LogP contribution in [0.15, 0.2) is 77.7 Å². The summed E-state index contributed by atoms with van der Waals surface area (Å²) in [4.78, 5) is 12.9. The van der Waals surface area contributed by atoms with Crippen LogP contribution in [0.25, 0.3) is 0 Å². The van der Waals surface area contributed by atoms with Crippen LogP contribution in [0.5, 0.6) is 5.75 Å². The van der Waals surface area contributed by atoms with Gasteiger partial charge in [0.2, 0.25) is 5.91 Å². The molecule has 0 bridgehead atoms. The van der Waals surface area contributed by atoms with Crippen LogP contribution in [0.3, 0.4) is 0 Å². The molecule has 3 rings (SSSR count). The summed E-state index contributed by atoms with van der Waals surface area (Å²) in [7, 11) is -3.90. The number of sulfonamides is 1. The number of anilines is 1. The fraction of sp³-hybridized carbons (Fsp3) is 0.321. The maximum atomic E-state index is 13.4. The van der Waals surface area contributed by atoms with Crippen LogP contribution in [0, 0.1) is 13.8 Å². The lowest BCUT2D eigenvalue weighted by Gasteiger charge is -2.25. The van der Waals surface area contributed by atoms with Crippen molar-refractivity contribution in [3.63, 3.8) is 0 Å². The van der Waals surface area contributed by atoms with E-state index < -0.39 is 10.0 Å². The summed E-state index contributed by atoms with van der Waals surface area (Å²) in [6.45, 7) is 8.03. The van der Waals surface area contributed by atoms with Gasteiger partial charge in [-0.25, -0.2) is 8.42 Å². The summed E-state index contributed by atoms with van der Waals surface area (Å²) in [6, 6.07) is 21.5. The minimum absolute atomic E-state index is 0.130. The number of carbonyl (C=O) groups is 1. The fourth-order valence-electron chi connectivity index (χ4n) is 3.63. The number of nitrogens with zero attached hydrogens (tertiary/aromatic N) is 1. The largest absolute Gasteiger partial charge is 0.491 e. The Kier molecular flexibility index (Phi) is 8.93. The molecule has 0 aliphatic heterocycles. The van der Waals surface area contributed by atoms with Crippen molar-refractivity contribution >= 4 is 21.6 Å². The molecule has 3 aromatic rings. The van der Waals surface area contributed by atoms with Gasteiger partial charge in [-0.2, -0.15) is 0 Å². The van der Waals surface area contributed by atoms with E-state index in [9.17, 15) is 13.2 Å². The first kappa shape index (κ1) is 26.3. The van der Waals surface area contributed by atoms with E-state index in [1.807, 2.05) is 58.0 Å². The first-order valence-electron chi connectivity index (χ1n) is 11.8. The van der Waals surface area contributed by atoms with Gasteiger partial charge in [-0.05, 0) is 93.6 Å². The molecule has 0 spiro atoms. The van der Waals surface area contributed by atoms with Gasteiger partial charge in [-0.3, -0.25) is 9.10 Å². The third-order valence-electron chi connectivity index (χ3n) is 5.66. The van der Waals surface area contributed by atoms with Crippen LogP contribution >= 0.6 is 0 Å². The molecule has 1 N–H and O–H groups in total. The van der Waals surface area contributed by atoms with Gasteiger partial charge < -0.3 is 10.1 Å². The number of carbonyl (C=O) groups excluding carboxylic acids is 1. The van der Waals surface area contributed by atoms with Gasteiger partial charge in [0.1, 0.15) is 12.3 Å². The van der Waals surface area contributed by atoms with Crippen LogP contribution in [-0.4, -0.2) is 33.5 Å². The molecule has 0 atom stereocenters. The molecular formula is C28H34N2O4S. The second-order valence-corrected chi connectivity index (χ2v) is 10.7. The molecule has 0 saturated carbocycles. The molecule has 7 heteroatoms. The van der Waals surface area contributed by atoms with E-state index in [1.54, 1.807) is 42.5 Å². The van der Waals surface area contributed by atoms with Gasteiger partial charge in [0.15, 0.2) is 0 Å². The van der Waals surface area contributed by atoms with E-state index in [4.69, 9.17) is 4.74 Å². The van der Waals surface area contributed by atoms with Crippen LogP contribution in [-0.2, 0) is 21.2 Å². The van der Waals surface area contributed by atoms with E-state index in [0.29, 0.717) is 12.2 Å². The summed E-state index contributed by atoms with van der Waals surface area (Å²) in [5.74, 6) is 0.492. The van der Waals surface area contributed by atoms with Crippen molar-refractivity contribution in [3.8, 4) is 5.75 Å². The smallest absolute Gasteiger partial charge is 0.264 e. The Morgan fingerprint density at radius 2 is 1.63 bits per heavy atom. The van der Waals surface area contributed by atoms with Gasteiger partial charge in [0.25, 0.3) is 10.0 Å². The van der Waals surface area contributed by atoms with Crippen molar-refractivity contribution in [1.29, 1.82) is 0 Å². The number of aryl methyl sites for hydroxylation is 3. The zero-order chi connectivity index (χ0) is 25.4. The first-order valence-corrected chi connectivity index (χ1v) is 13.3. The predicted octanol–water partition coefficient (Wildman–Crippen LogP) is 5.03. The molecule has 0 unspecified atom stereocenters. The SMILES string of the molecule is Cc1ccc(N(CC(=O)NCCCc2ccc(OC(C)C)cc2)S(=O)(=O)c2ccccc2)cc1C. The van der Waals surface area contributed by atoms with Crippen molar-refractivity contribution in [3.05, 3.63) is 89.5 Å². The molecule has 0 aromatic heterocycles. The molecule has 3 aromatic carbocycles. The highest BCUT2D eigenvalue weighted by Crippen LogP contribution is 2.25. The monoisotopic (exact) mass is 494 g/mol. The summed E-state index contributed by atoms with van der Waals surface area (Å²) in [5, 5.41) is 2.87. The highest BCUT2D eigenvalue weighted by molar-refractivity contribution is 7.92. The number of benzene rings is 3. The number of rotatable bonds is 11. The highest BCUT2D eigenvalue weighted by Gasteiger charge is 2.27. The molecule has 0 fully saturated rings. The van der Waals surface area contributed by atoms with E-state index in [0.717, 1.165) is 35.3 Å². The van der Waals surface area contributed by atoms with Crippen LogP contribution in [0.1, 0.15) is 37.0 Å². The second kappa shape index (κ2) is 11.9. The molecule has 186 valence electrons. The summed E-state index contributed by atoms with van der Waals surface area (Å²) in [5.41, 5.74) is 3.63. The number of nitrogens with one attached hydrogen (secondary N) is 1. The molecule has 0 heterocycles. The van der Waals surface area contributed by atoms with Gasteiger partial charge >= 0.3 is 0 Å². The number of hydrogen-bond donors (Lipinski definition) is 1. The van der Waals surface area contributed by atoms with E-state index >= 15 is 0 Å². The molecule has 0 saturated heterocycles. The average molecular weight is 495 g/mol. The normalized spacial score (nSPS) is 11.3. The molecule has 0 radical (unpaired) electrons. The molecule has 6 nitrogen and oxygen atoms in total.